The van der Waals surface area contributed by atoms with Crippen molar-refractivity contribution < 1.29 is 14.6 Å². The fraction of sp³-hybridized carbons (Fsp3) is 0.923. The Bertz CT molecular complexity index is 269. The molecule has 2 aliphatic rings. The van der Waals surface area contributed by atoms with E-state index in [0.717, 1.165) is 25.9 Å². The van der Waals surface area contributed by atoms with E-state index in [-0.39, 0.29) is 24.5 Å². The van der Waals surface area contributed by atoms with Crippen LogP contribution in [-0.4, -0.2) is 48.3 Å². The molecule has 2 heterocycles. The summed E-state index contributed by atoms with van der Waals surface area (Å²) in [6, 6.07) is 0.279. The molecule has 17 heavy (non-hydrogen) atoms. The summed E-state index contributed by atoms with van der Waals surface area (Å²) in [4.78, 5) is 13.7. The molecule has 2 aliphatic heterocycles. The second kappa shape index (κ2) is 5.83. The zero-order valence-corrected chi connectivity index (χ0v) is 10.6. The number of hydrogen-bond donors (Lipinski definition) is 1. The van der Waals surface area contributed by atoms with Gasteiger partial charge in [0.2, 0.25) is 0 Å². The maximum atomic E-state index is 11.4. The number of aliphatic hydroxyl groups is 1. The van der Waals surface area contributed by atoms with Crippen LogP contribution in [-0.2, 0) is 9.53 Å². The van der Waals surface area contributed by atoms with Crippen LogP contribution in [0.4, 0.5) is 0 Å². The number of nitrogens with zero attached hydrogens (tertiary/aromatic N) is 1. The lowest BCUT2D eigenvalue weighted by Gasteiger charge is -2.39. The highest BCUT2D eigenvalue weighted by Gasteiger charge is 2.31. The highest BCUT2D eigenvalue weighted by atomic mass is 16.5. The lowest BCUT2D eigenvalue weighted by Crippen LogP contribution is -2.47. The molecule has 2 rings (SSSR count). The van der Waals surface area contributed by atoms with Gasteiger partial charge in [-0.25, -0.2) is 0 Å². The Balaban J connectivity index is 1.82. The predicted octanol–water partition coefficient (Wildman–Crippen LogP) is 1.03. The van der Waals surface area contributed by atoms with Crippen molar-refractivity contribution in [1.29, 1.82) is 0 Å². The normalized spacial score (nSPS) is 34.9. The number of esters is 1. The van der Waals surface area contributed by atoms with E-state index >= 15 is 0 Å². The minimum absolute atomic E-state index is 0.0318. The Morgan fingerprint density at radius 3 is 2.94 bits per heavy atom. The van der Waals surface area contributed by atoms with E-state index < -0.39 is 0 Å². The van der Waals surface area contributed by atoms with Crippen molar-refractivity contribution in [3.63, 3.8) is 0 Å². The van der Waals surface area contributed by atoms with Gasteiger partial charge in [0.15, 0.2) is 0 Å². The molecule has 2 fully saturated rings. The van der Waals surface area contributed by atoms with E-state index in [9.17, 15) is 9.90 Å². The van der Waals surface area contributed by atoms with Gasteiger partial charge in [-0.1, -0.05) is 6.92 Å². The first-order chi connectivity index (χ1) is 8.22. The van der Waals surface area contributed by atoms with E-state index in [0.29, 0.717) is 12.5 Å². The Hall–Kier alpha value is -0.610. The zero-order chi connectivity index (χ0) is 12.3. The van der Waals surface area contributed by atoms with Gasteiger partial charge < -0.3 is 9.84 Å². The van der Waals surface area contributed by atoms with Crippen LogP contribution in [0.2, 0.25) is 0 Å². The number of ether oxygens (including phenoxy) is 1. The van der Waals surface area contributed by atoms with Gasteiger partial charge in [-0.3, -0.25) is 9.69 Å². The Kier molecular flexibility index (Phi) is 4.40. The van der Waals surface area contributed by atoms with Crippen molar-refractivity contribution in [1.82, 2.24) is 4.90 Å². The molecule has 4 heteroatoms. The monoisotopic (exact) mass is 241 g/mol. The number of rotatable bonds is 4. The topological polar surface area (TPSA) is 49.8 Å². The van der Waals surface area contributed by atoms with Crippen molar-refractivity contribution in [2.24, 2.45) is 11.8 Å². The van der Waals surface area contributed by atoms with Gasteiger partial charge >= 0.3 is 5.97 Å². The average Bonchev–Trinajstić information content (AvgIpc) is 2.72. The summed E-state index contributed by atoms with van der Waals surface area (Å²) in [5.41, 5.74) is 0. The van der Waals surface area contributed by atoms with E-state index in [1.54, 1.807) is 0 Å². The molecule has 0 aromatic carbocycles. The lowest BCUT2D eigenvalue weighted by atomic mass is 9.90. The Labute approximate surface area is 103 Å². The van der Waals surface area contributed by atoms with Crippen molar-refractivity contribution in [2.75, 3.05) is 26.3 Å². The van der Waals surface area contributed by atoms with Crippen LogP contribution in [0, 0.1) is 11.8 Å². The van der Waals surface area contributed by atoms with E-state index in [1.165, 1.54) is 12.8 Å². The number of carbonyl (C=O) groups is 1. The molecule has 0 radical (unpaired) electrons. The Morgan fingerprint density at radius 2 is 2.29 bits per heavy atom. The molecule has 0 amide bonds. The smallest absolute Gasteiger partial charge is 0.309 e. The summed E-state index contributed by atoms with van der Waals surface area (Å²) >= 11 is 0. The second-order valence-corrected chi connectivity index (χ2v) is 5.35. The summed E-state index contributed by atoms with van der Waals surface area (Å²) in [5.74, 6) is 0.617. The molecule has 3 unspecified atom stereocenters. The molecule has 0 aromatic rings. The summed E-state index contributed by atoms with van der Waals surface area (Å²) in [7, 11) is 0. The summed E-state index contributed by atoms with van der Waals surface area (Å²) in [5, 5.41) is 9.44. The first-order valence-electron chi connectivity index (χ1n) is 6.74. The molecule has 98 valence electrons. The number of hydrogen-bond acceptors (Lipinski definition) is 4. The van der Waals surface area contributed by atoms with Crippen molar-refractivity contribution in [3.8, 4) is 0 Å². The third kappa shape index (κ3) is 2.99. The van der Waals surface area contributed by atoms with Gasteiger partial charge in [0, 0.05) is 6.04 Å². The number of carbonyl (C=O) groups excluding carboxylic acids is 1. The van der Waals surface area contributed by atoms with Crippen LogP contribution >= 0.6 is 0 Å². The minimum atomic E-state index is -0.0318. The zero-order valence-electron chi connectivity index (χ0n) is 10.6. The van der Waals surface area contributed by atoms with Crippen LogP contribution in [0.15, 0.2) is 0 Å². The van der Waals surface area contributed by atoms with E-state index in [1.807, 2.05) is 0 Å². The molecule has 0 spiro atoms. The third-order valence-electron chi connectivity index (χ3n) is 4.23. The van der Waals surface area contributed by atoms with Crippen molar-refractivity contribution in [3.05, 3.63) is 0 Å². The van der Waals surface area contributed by atoms with E-state index in [2.05, 4.69) is 11.8 Å². The van der Waals surface area contributed by atoms with Gasteiger partial charge in [0.05, 0.1) is 19.1 Å². The quantitative estimate of drug-likeness (QED) is 0.747. The van der Waals surface area contributed by atoms with Crippen LogP contribution in [0.5, 0.6) is 0 Å². The number of likely N-dealkylation sites (tertiary alicyclic amines) is 1. The third-order valence-corrected chi connectivity index (χ3v) is 4.23. The molecule has 0 aromatic heterocycles. The lowest BCUT2D eigenvalue weighted by molar-refractivity contribution is -0.141. The predicted molar refractivity (Wildman–Crippen MR) is 64.5 cm³/mol. The van der Waals surface area contributed by atoms with Gasteiger partial charge in [0.1, 0.15) is 0 Å². The molecule has 0 bridgehead atoms. The van der Waals surface area contributed by atoms with Crippen molar-refractivity contribution >= 4 is 5.97 Å². The molecular formula is C13H23NO3. The molecule has 4 nitrogen and oxygen atoms in total. The van der Waals surface area contributed by atoms with Gasteiger partial charge in [0.25, 0.3) is 0 Å². The van der Waals surface area contributed by atoms with Gasteiger partial charge in [-0.15, -0.1) is 0 Å². The second-order valence-electron chi connectivity index (χ2n) is 5.35. The van der Waals surface area contributed by atoms with Crippen molar-refractivity contribution in [2.45, 2.75) is 38.6 Å². The first-order valence-corrected chi connectivity index (χ1v) is 6.74. The van der Waals surface area contributed by atoms with E-state index in [4.69, 9.17) is 4.74 Å². The number of piperidine rings is 1. The van der Waals surface area contributed by atoms with Crippen LogP contribution < -0.4 is 0 Å². The first kappa shape index (κ1) is 12.8. The summed E-state index contributed by atoms with van der Waals surface area (Å²) < 4.78 is 4.97. The molecule has 0 saturated carbocycles. The summed E-state index contributed by atoms with van der Waals surface area (Å²) in [6.07, 6.45) is 4.15. The fourth-order valence-electron chi connectivity index (χ4n) is 3.03. The Morgan fingerprint density at radius 1 is 1.47 bits per heavy atom. The number of cyclic esters (lactones) is 1. The summed E-state index contributed by atoms with van der Waals surface area (Å²) in [6.45, 7) is 4.99. The molecule has 3 atom stereocenters. The maximum absolute atomic E-state index is 11.4. The molecule has 1 N–H and O–H groups in total. The molecule has 0 aliphatic carbocycles. The van der Waals surface area contributed by atoms with Crippen LogP contribution in [0.3, 0.4) is 0 Å². The standard InChI is InChI=1S/C13H23NO3/c1-10-3-2-6-14(12(10)9-15)7-4-11-5-8-17-13(11)16/h10-12,15H,2-9H2,1H3. The van der Waals surface area contributed by atoms with Gasteiger partial charge in [-0.05, 0) is 44.7 Å². The number of aliphatic hydroxyl groups excluding tert-OH is 1. The van der Waals surface area contributed by atoms with Crippen LogP contribution in [0.1, 0.15) is 32.6 Å². The fourth-order valence-corrected chi connectivity index (χ4v) is 3.03. The average molecular weight is 241 g/mol. The molecule has 2 saturated heterocycles. The highest BCUT2D eigenvalue weighted by Crippen LogP contribution is 2.25. The largest absolute Gasteiger partial charge is 0.465 e. The molecular weight excluding hydrogens is 218 g/mol. The SMILES string of the molecule is CC1CCCN(CCC2CCOC2=O)C1CO. The van der Waals surface area contributed by atoms with Crippen LogP contribution in [0.25, 0.3) is 0 Å². The minimum Gasteiger partial charge on any atom is -0.465 e. The van der Waals surface area contributed by atoms with Gasteiger partial charge in [-0.2, -0.15) is 0 Å². The highest BCUT2D eigenvalue weighted by molar-refractivity contribution is 5.74. The maximum Gasteiger partial charge on any atom is 0.309 e.